The summed E-state index contributed by atoms with van der Waals surface area (Å²) >= 11 is 0. The van der Waals surface area contributed by atoms with E-state index in [-0.39, 0.29) is 5.92 Å². The predicted octanol–water partition coefficient (Wildman–Crippen LogP) is 1.70. The van der Waals surface area contributed by atoms with Crippen LogP contribution in [-0.2, 0) is 11.3 Å². The van der Waals surface area contributed by atoms with Crippen LogP contribution in [0.3, 0.4) is 0 Å². The Morgan fingerprint density at radius 1 is 1.32 bits per heavy atom. The van der Waals surface area contributed by atoms with E-state index >= 15 is 0 Å². The molecule has 0 amide bonds. The van der Waals surface area contributed by atoms with E-state index in [0.717, 1.165) is 38.9 Å². The number of rotatable bonds is 4. The predicted molar refractivity (Wildman–Crippen MR) is 74.7 cm³/mol. The van der Waals surface area contributed by atoms with Gasteiger partial charge < -0.3 is 10.8 Å². The lowest BCUT2D eigenvalue weighted by Crippen LogP contribution is -2.38. The first-order valence-electron chi connectivity index (χ1n) is 6.91. The highest BCUT2D eigenvalue weighted by atomic mass is 16.4. The molecular weight excluding hydrogens is 240 g/mol. The molecule has 4 nitrogen and oxygen atoms in total. The summed E-state index contributed by atoms with van der Waals surface area (Å²) in [5.74, 6) is -0.764. The van der Waals surface area contributed by atoms with E-state index in [1.165, 1.54) is 5.56 Å². The lowest BCUT2D eigenvalue weighted by atomic mass is 9.93. The van der Waals surface area contributed by atoms with Crippen LogP contribution in [0.2, 0.25) is 0 Å². The number of likely N-dealkylation sites (tertiary alicyclic amines) is 1. The number of hydrogen-bond donors (Lipinski definition) is 2. The van der Waals surface area contributed by atoms with E-state index in [2.05, 4.69) is 29.2 Å². The molecule has 2 atom stereocenters. The highest BCUT2D eigenvalue weighted by Gasteiger charge is 2.26. The Hall–Kier alpha value is -1.39. The maximum absolute atomic E-state index is 10.9. The minimum absolute atomic E-state index is 0.110. The highest BCUT2D eigenvalue weighted by molar-refractivity contribution is 5.73. The topological polar surface area (TPSA) is 66.6 Å². The summed E-state index contributed by atoms with van der Waals surface area (Å²) < 4.78 is 0. The molecule has 1 aliphatic rings. The summed E-state index contributed by atoms with van der Waals surface area (Å²) in [5, 5.41) is 8.99. The second-order valence-electron chi connectivity index (χ2n) is 5.32. The van der Waals surface area contributed by atoms with Crippen molar-refractivity contribution in [2.45, 2.75) is 31.8 Å². The van der Waals surface area contributed by atoms with Crippen LogP contribution in [0, 0.1) is 5.92 Å². The SMILES string of the molecule is NC(C(=O)O)C1CCCN(Cc2ccccc2)CC1. The van der Waals surface area contributed by atoms with Gasteiger partial charge in [0.15, 0.2) is 0 Å². The molecule has 2 rings (SSSR count). The molecule has 1 heterocycles. The molecule has 19 heavy (non-hydrogen) atoms. The van der Waals surface area contributed by atoms with Crippen LogP contribution in [0.4, 0.5) is 0 Å². The van der Waals surface area contributed by atoms with Crippen molar-refractivity contribution in [2.75, 3.05) is 13.1 Å². The van der Waals surface area contributed by atoms with Gasteiger partial charge in [0.05, 0.1) is 0 Å². The first kappa shape index (κ1) is 14.0. The summed E-state index contributed by atoms with van der Waals surface area (Å²) in [4.78, 5) is 13.3. The van der Waals surface area contributed by atoms with E-state index in [0.29, 0.717) is 0 Å². The van der Waals surface area contributed by atoms with Gasteiger partial charge in [-0.3, -0.25) is 9.69 Å². The second kappa shape index (κ2) is 6.68. The Morgan fingerprint density at radius 3 is 2.74 bits per heavy atom. The minimum atomic E-state index is -0.874. The third-order valence-corrected chi connectivity index (χ3v) is 3.91. The monoisotopic (exact) mass is 262 g/mol. The highest BCUT2D eigenvalue weighted by Crippen LogP contribution is 2.21. The fraction of sp³-hybridized carbons (Fsp3) is 0.533. The van der Waals surface area contributed by atoms with Gasteiger partial charge in [0, 0.05) is 6.54 Å². The Morgan fingerprint density at radius 2 is 2.05 bits per heavy atom. The molecule has 0 bridgehead atoms. The molecule has 1 aromatic rings. The van der Waals surface area contributed by atoms with E-state index < -0.39 is 12.0 Å². The second-order valence-corrected chi connectivity index (χ2v) is 5.32. The molecule has 0 aromatic heterocycles. The molecule has 1 aliphatic heterocycles. The maximum Gasteiger partial charge on any atom is 0.320 e. The normalized spacial score (nSPS) is 22.7. The standard InChI is InChI=1S/C15H22N2O2/c16-14(15(18)19)13-7-4-9-17(10-8-13)11-12-5-2-1-3-6-12/h1-3,5-6,13-14H,4,7-11,16H2,(H,18,19). The molecule has 3 N–H and O–H groups in total. The lowest BCUT2D eigenvalue weighted by Gasteiger charge is -2.21. The number of carbonyl (C=O) groups is 1. The first-order chi connectivity index (χ1) is 9.16. The quantitative estimate of drug-likeness (QED) is 0.866. The zero-order valence-corrected chi connectivity index (χ0v) is 11.2. The zero-order chi connectivity index (χ0) is 13.7. The largest absolute Gasteiger partial charge is 0.480 e. The number of nitrogens with zero attached hydrogens (tertiary/aromatic N) is 1. The zero-order valence-electron chi connectivity index (χ0n) is 11.2. The van der Waals surface area contributed by atoms with Crippen molar-refractivity contribution in [1.29, 1.82) is 0 Å². The smallest absolute Gasteiger partial charge is 0.320 e. The van der Waals surface area contributed by atoms with Gasteiger partial charge in [-0.25, -0.2) is 0 Å². The van der Waals surface area contributed by atoms with Crippen molar-refractivity contribution >= 4 is 5.97 Å². The van der Waals surface area contributed by atoms with Gasteiger partial charge in [0.1, 0.15) is 6.04 Å². The summed E-state index contributed by atoms with van der Waals surface area (Å²) in [7, 11) is 0. The van der Waals surface area contributed by atoms with Gasteiger partial charge in [-0.05, 0) is 43.8 Å². The van der Waals surface area contributed by atoms with Gasteiger partial charge in [0.25, 0.3) is 0 Å². The van der Waals surface area contributed by atoms with Crippen LogP contribution in [0.1, 0.15) is 24.8 Å². The number of hydrogen-bond acceptors (Lipinski definition) is 3. The number of carboxylic acids is 1. The van der Waals surface area contributed by atoms with Gasteiger partial charge >= 0.3 is 5.97 Å². The van der Waals surface area contributed by atoms with Crippen LogP contribution in [0.15, 0.2) is 30.3 Å². The number of carboxylic acid groups (broad SMARTS) is 1. The number of benzene rings is 1. The van der Waals surface area contributed by atoms with Crippen molar-refractivity contribution in [1.82, 2.24) is 4.90 Å². The minimum Gasteiger partial charge on any atom is -0.480 e. The fourth-order valence-electron chi connectivity index (χ4n) is 2.74. The van der Waals surface area contributed by atoms with E-state index in [1.807, 2.05) is 6.07 Å². The molecule has 0 radical (unpaired) electrons. The first-order valence-corrected chi connectivity index (χ1v) is 6.91. The molecule has 1 fully saturated rings. The Labute approximate surface area is 114 Å². The Bertz CT molecular complexity index is 408. The molecule has 104 valence electrons. The number of nitrogens with two attached hydrogens (primary N) is 1. The molecule has 1 aromatic carbocycles. The van der Waals surface area contributed by atoms with Crippen molar-refractivity contribution in [3.05, 3.63) is 35.9 Å². The molecule has 0 spiro atoms. The average molecular weight is 262 g/mol. The Kier molecular flexibility index (Phi) is 4.93. The van der Waals surface area contributed by atoms with E-state index in [4.69, 9.17) is 10.8 Å². The molecule has 2 unspecified atom stereocenters. The van der Waals surface area contributed by atoms with Gasteiger partial charge in [0.2, 0.25) is 0 Å². The summed E-state index contributed by atoms with van der Waals surface area (Å²) in [6.45, 7) is 2.90. The van der Waals surface area contributed by atoms with Crippen molar-refractivity contribution < 1.29 is 9.90 Å². The molecular formula is C15H22N2O2. The van der Waals surface area contributed by atoms with Gasteiger partial charge in [-0.15, -0.1) is 0 Å². The summed E-state index contributed by atoms with van der Waals surface area (Å²) in [5.41, 5.74) is 7.05. The van der Waals surface area contributed by atoms with Crippen molar-refractivity contribution in [3.63, 3.8) is 0 Å². The lowest BCUT2D eigenvalue weighted by molar-refractivity contribution is -0.140. The van der Waals surface area contributed by atoms with Gasteiger partial charge in [-0.1, -0.05) is 30.3 Å². The summed E-state index contributed by atoms with van der Waals surface area (Å²) in [6.07, 6.45) is 2.82. The van der Waals surface area contributed by atoms with Crippen molar-refractivity contribution in [3.8, 4) is 0 Å². The molecule has 4 heteroatoms. The van der Waals surface area contributed by atoms with Crippen LogP contribution < -0.4 is 5.73 Å². The van der Waals surface area contributed by atoms with E-state index in [9.17, 15) is 4.79 Å². The third kappa shape index (κ3) is 4.04. The molecule has 0 aliphatic carbocycles. The van der Waals surface area contributed by atoms with E-state index in [1.54, 1.807) is 0 Å². The maximum atomic E-state index is 10.9. The summed E-state index contributed by atoms with van der Waals surface area (Å²) in [6, 6.07) is 9.67. The fourth-order valence-corrected chi connectivity index (χ4v) is 2.74. The van der Waals surface area contributed by atoms with Crippen LogP contribution in [-0.4, -0.2) is 35.1 Å². The average Bonchev–Trinajstić information content (AvgIpc) is 2.64. The van der Waals surface area contributed by atoms with Crippen LogP contribution in [0.25, 0.3) is 0 Å². The molecule has 1 saturated heterocycles. The van der Waals surface area contributed by atoms with Crippen molar-refractivity contribution in [2.24, 2.45) is 11.7 Å². The van der Waals surface area contributed by atoms with Gasteiger partial charge in [-0.2, -0.15) is 0 Å². The van der Waals surface area contributed by atoms with Crippen LogP contribution >= 0.6 is 0 Å². The molecule has 0 saturated carbocycles. The third-order valence-electron chi connectivity index (χ3n) is 3.91. The Balaban J connectivity index is 1.88. The van der Waals surface area contributed by atoms with Crippen LogP contribution in [0.5, 0.6) is 0 Å². The number of aliphatic carboxylic acids is 1.